The Kier molecular flexibility index (Phi) is 8.48. The topological polar surface area (TPSA) is 108 Å². The summed E-state index contributed by atoms with van der Waals surface area (Å²) in [5, 5.41) is 15.8. The van der Waals surface area contributed by atoms with Crippen LogP contribution in [0.25, 0.3) is 0 Å². The molecule has 1 saturated heterocycles. The molecule has 0 saturated carbocycles. The number of nitrogens with zero attached hydrogens (tertiary/aromatic N) is 3. The summed E-state index contributed by atoms with van der Waals surface area (Å²) < 4.78 is 11.8. The molecule has 9 heteroatoms. The molecule has 1 unspecified atom stereocenters. The van der Waals surface area contributed by atoms with Crippen molar-refractivity contribution in [1.82, 2.24) is 4.90 Å². The van der Waals surface area contributed by atoms with Crippen molar-refractivity contribution in [2.45, 2.75) is 31.9 Å². The fourth-order valence-electron chi connectivity index (χ4n) is 3.89. The van der Waals surface area contributed by atoms with Crippen LogP contribution in [0.4, 0.5) is 11.4 Å². The van der Waals surface area contributed by atoms with Crippen LogP contribution in [0.1, 0.15) is 25.7 Å². The molecule has 9 nitrogen and oxygen atoms in total. The number of aliphatic hydroxyl groups excluding tert-OH is 1. The second kappa shape index (κ2) is 12.1. The molecule has 35 heavy (non-hydrogen) atoms. The molecule has 2 heterocycles. The quantitative estimate of drug-likeness (QED) is 0.376. The van der Waals surface area contributed by atoms with Gasteiger partial charge in [0, 0.05) is 43.0 Å². The van der Waals surface area contributed by atoms with Crippen molar-refractivity contribution in [2.75, 3.05) is 36.9 Å². The molecule has 3 N–H and O–H groups in total. The van der Waals surface area contributed by atoms with Crippen LogP contribution in [0.15, 0.2) is 71.2 Å². The summed E-state index contributed by atoms with van der Waals surface area (Å²) in [7, 11) is 0. The van der Waals surface area contributed by atoms with E-state index < -0.39 is 0 Å². The highest BCUT2D eigenvalue weighted by Crippen LogP contribution is 2.21. The highest BCUT2D eigenvalue weighted by Gasteiger charge is 2.21. The van der Waals surface area contributed by atoms with Crippen LogP contribution in [0.3, 0.4) is 0 Å². The average molecular weight is 478 g/mol. The number of anilines is 2. The van der Waals surface area contributed by atoms with Gasteiger partial charge in [0.2, 0.25) is 11.9 Å². The van der Waals surface area contributed by atoms with Gasteiger partial charge in [-0.05, 0) is 49.6 Å². The Hall–Kier alpha value is -3.69. The van der Waals surface area contributed by atoms with E-state index in [-0.39, 0.29) is 12.1 Å². The Morgan fingerprint density at radius 2 is 2.00 bits per heavy atom. The molecule has 1 fully saturated rings. The van der Waals surface area contributed by atoms with E-state index >= 15 is 0 Å². The molecular weight excluding hydrogens is 446 g/mol. The number of rotatable bonds is 9. The summed E-state index contributed by atoms with van der Waals surface area (Å²) in [4.78, 5) is 22.6. The first-order valence-electron chi connectivity index (χ1n) is 11.8. The van der Waals surface area contributed by atoms with E-state index in [4.69, 9.17) is 9.47 Å². The van der Waals surface area contributed by atoms with Crippen molar-refractivity contribution >= 4 is 29.1 Å². The minimum absolute atomic E-state index is 0.285. The Balaban J connectivity index is 1.29. The van der Waals surface area contributed by atoms with Gasteiger partial charge in [0.1, 0.15) is 17.7 Å². The number of benzene rings is 2. The number of hydrogen-bond donors (Lipinski definition) is 3. The van der Waals surface area contributed by atoms with Crippen LogP contribution in [0.2, 0.25) is 0 Å². The van der Waals surface area contributed by atoms with Crippen molar-refractivity contribution in [2.24, 2.45) is 9.98 Å². The molecular formula is C26H31N5O4. The second-order valence-corrected chi connectivity index (χ2v) is 8.30. The summed E-state index contributed by atoms with van der Waals surface area (Å²) in [5.74, 6) is 2.04. The van der Waals surface area contributed by atoms with Crippen LogP contribution in [-0.4, -0.2) is 60.2 Å². The first-order valence-corrected chi connectivity index (χ1v) is 11.8. The van der Waals surface area contributed by atoms with Crippen LogP contribution < -0.4 is 20.1 Å². The predicted octanol–water partition coefficient (Wildman–Crippen LogP) is 3.64. The van der Waals surface area contributed by atoms with Gasteiger partial charge in [-0.1, -0.05) is 18.7 Å². The van der Waals surface area contributed by atoms with Crippen molar-refractivity contribution in [3.8, 4) is 11.5 Å². The van der Waals surface area contributed by atoms with E-state index in [1.807, 2.05) is 24.3 Å². The van der Waals surface area contributed by atoms with Gasteiger partial charge in [0.05, 0.1) is 13.2 Å². The van der Waals surface area contributed by atoms with Crippen molar-refractivity contribution in [3.63, 3.8) is 0 Å². The second-order valence-electron chi connectivity index (χ2n) is 8.30. The van der Waals surface area contributed by atoms with Gasteiger partial charge in [-0.25, -0.2) is 0 Å². The van der Waals surface area contributed by atoms with Gasteiger partial charge in [-0.2, -0.15) is 4.99 Å². The molecule has 1 atom stereocenters. The minimum Gasteiger partial charge on any atom is -0.493 e. The number of aliphatic imine (C=N–C) groups is 2. The number of likely N-dealkylation sites (tertiary alicyclic amines) is 1. The lowest BCUT2D eigenvalue weighted by molar-refractivity contribution is -0.111. The standard InChI is InChI=1S/C26H31N5O4/c1-2-23(32)28-19-7-4-10-22(18-19)35-24-12-13-27-26(30-24)29-20-8-3-9-21(17-20)34-16-6-15-31-14-5-11-25(31)33/h2-4,7-10,17-18,25,33H,1,5-6,11-16H2,(H,27,29)(H,28,32). The zero-order valence-electron chi connectivity index (χ0n) is 19.7. The fourth-order valence-corrected chi connectivity index (χ4v) is 3.89. The summed E-state index contributed by atoms with van der Waals surface area (Å²) >= 11 is 0. The Morgan fingerprint density at radius 1 is 1.20 bits per heavy atom. The Bertz CT molecular complexity index is 1100. The van der Waals surface area contributed by atoms with Crippen LogP contribution >= 0.6 is 0 Å². The first-order chi connectivity index (χ1) is 17.1. The third-order valence-corrected chi connectivity index (χ3v) is 5.62. The average Bonchev–Trinajstić information content (AvgIpc) is 3.27. The smallest absolute Gasteiger partial charge is 0.247 e. The van der Waals surface area contributed by atoms with Gasteiger partial charge in [0.15, 0.2) is 5.90 Å². The minimum atomic E-state index is -0.310. The summed E-state index contributed by atoms with van der Waals surface area (Å²) in [6, 6.07) is 14.8. The fraction of sp³-hybridized carbons (Fsp3) is 0.346. The summed E-state index contributed by atoms with van der Waals surface area (Å²) in [5.41, 5.74) is 1.43. The van der Waals surface area contributed by atoms with E-state index in [1.54, 1.807) is 24.3 Å². The molecule has 2 aromatic carbocycles. The molecule has 0 radical (unpaired) electrons. The molecule has 1 amide bonds. The third-order valence-electron chi connectivity index (χ3n) is 5.62. The van der Waals surface area contributed by atoms with Gasteiger partial charge >= 0.3 is 0 Å². The number of carbonyl (C=O) groups is 1. The van der Waals surface area contributed by atoms with E-state index in [9.17, 15) is 9.90 Å². The van der Waals surface area contributed by atoms with E-state index in [1.165, 1.54) is 6.08 Å². The zero-order valence-corrected chi connectivity index (χ0v) is 19.7. The number of nitrogens with one attached hydrogen (secondary N) is 2. The monoisotopic (exact) mass is 477 g/mol. The molecule has 2 aliphatic heterocycles. The van der Waals surface area contributed by atoms with Crippen LogP contribution in [-0.2, 0) is 4.79 Å². The number of ether oxygens (including phenoxy) is 2. The van der Waals surface area contributed by atoms with Crippen LogP contribution in [0.5, 0.6) is 11.5 Å². The molecule has 0 aromatic heterocycles. The van der Waals surface area contributed by atoms with Crippen molar-refractivity contribution in [3.05, 3.63) is 61.2 Å². The lowest BCUT2D eigenvalue weighted by atomic mass is 10.3. The summed E-state index contributed by atoms with van der Waals surface area (Å²) in [6.07, 6.45) is 4.24. The molecule has 2 aromatic rings. The van der Waals surface area contributed by atoms with Gasteiger partial charge in [-0.15, -0.1) is 0 Å². The maximum Gasteiger partial charge on any atom is 0.247 e. The number of guanidine groups is 1. The van der Waals surface area contributed by atoms with E-state index in [0.29, 0.717) is 42.9 Å². The van der Waals surface area contributed by atoms with Gasteiger partial charge < -0.3 is 25.2 Å². The normalized spacial score (nSPS) is 17.8. The predicted molar refractivity (Wildman–Crippen MR) is 137 cm³/mol. The van der Waals surface area contributed by atoms with Crippen molar-refractivity contribution < 1.29 is 19.4 Å². The number of aliphatic hydroxyl groups is 1. The number of amides is 1. The molecule has 0 bridgehead atoms. The van der Waals surface area contributed by atoms with Crippen LogP contribution in [0, 0.1) is 0 Å². The largest absolute Gasteiger partial charge is 0.493 e. The highest BCUT2D eigenvalue weighted by atomic mass is 16.5. The highest BCUT2D eigenvalue weighted by molar-refractivity contribution is 6.03. The Morgan fingerprint density at radius 3 is 2.80 bits per heavy atom. The summed E-state index contributed by atoms with van der Waals surface area (Å²) in [6.45, 7) is 6.36. The van der Waals surface area contributed by atoms with Gasteiger partial charge in [0.25, 0.3) is 0 Å². The molecule has 0 spiro atoms. The van der Waals surface area contributed by atoms with Crippen molar-refractivity contribution in [1.29, 1.82) is 0 Å². The molecule has 0 aliphatic carbocycles. The first kappa shape index (κ1) is 24.4. The number of carbonyl (C=O) groups excluding carboxylic acids is 1. The molecule has 4 rings (SSSR count). The maximum absolute atomic E-state index is 11.5. The molecule has 2 aliphatic rings. The van der Waals surface area contributed by atoms with E-state index in [0.717, 1.165) is 43.8 Å². The molecule has 184 valence electrons. The SMILES string of the molecule is C=CC(=O)Nc1cccc(OC2=NC(Nc3cccc(OCCCN4CCCC4O)c3)=NCC2)c1. The lowest BCUT2D eigenvalue weighted by Gasteiger charge is -2.19. The Labute approximate surface area is 205 Å². The lowest BCUT2D eigenvalue weighted by Crippen LogP contribution is -2.30. The number of hydrogen-bond acceptors (Lipinski definition) is 8. The van der Waals surface area contributed by atoms with E-state index in [2.05, 4.69) is 32.1 Å². The van der Waals surface area contributed by atoms with Gasteiger partial charge in [-0.3, -0.25) is 14.7 Å². The third kappa shape index (κ3) is 7.40. The zero-order chi connectivity index (χ0) is 24.5. The maximum atomic E-state index is 11.5.